The van der Waals surface area contributed by atoms with E-state index in [2.05, 4.69) is 17.2 Å². The number of hydrogen-bond donors (Lipinski definition) is 1. The van der Waals surface area contributed by atoms with E-state index in [-0.39, 0.29) is 6.04 Å². The zero-order valence-electron chi connectivity index (χ0n) is 11.0. The molecule has 0 bridgehead atoms. The van der Waals surface area contributed by atoms with Gasteiger partial charge in [0, 0.05) is 28.5 Å². The van der Waals surface area contributed by atoms with Gasteiger partial charge in [-0.2, -0.15) is 0 Å². The summed E-state index contributed by atoms with van der Waals surface area (Å²) in [5.74, 6) is 0. The summed E-state index contributed by atoms with van der Waals surface area (Å²) in [5, 5.41) is 4.78. The quantitative estimate of drug-likeness (QED) is 0.914. The van der Waals surface area contributed by atoms with E-state index in [4.69, 9.17) is 23.2 Å². The predicted octanol–water partition coefficient (Wildman–Crippen LogP) is 4.20. The van der Waals surface area contributed by atoms with Crippen LogP contribution in [-0.4, -0.2) is 12.0 Å². The average Bonchev–Trinajstić information content (AvgIpc) is 2.41. The van der Waals surface area contributed by atoms with Gasteiger partial charge in [0.1, 0.15) is 0 Å². The van der Waals surface area contributed by atoms with E-state index in [1.54, 1.807) is 6.07 Å². The maximum absolute atomic E-state index is 6.23. The lowest BCUT2D eigenvalue weighted by atomic mass is 9.97. The van der Waals surface area contributed by atoms with Gasteiger partial charge in [0.25, 0.3) is 0 Å². The van der Waals surface area contributed by atoms with Gasteiger partial charge in [-0.3, -0.25) is 4.98 Å². The summed E-state index contributed by atoms with van der Waals surface area (Å²) in [7, 11) is 1.95. The van der Waals surface area contributed by atoms with Crippen molar-refractivity contribution in [2.75, 3.05) is 7.05 Å². The molecule has 19 heavy (non-hydrogen) atoms. The molecule has 0 saturated carbocycles. The van der Waals surface area contributed by atoms with E-state index < -0.39 is 0 Å². The van der Waals surface area contributed by atoms with Crippen molar-refractivity contribution in [3.8, 4) is 0 Å². The largest absolute Gasteiger partial charge is 0.313 e. The highest BCUT2D eigenvalue weighted by Gasteiger charge is 2.14. The molecule has 0 spiro atoms. The van der Waals surface area contributed by atoms with Crippen LogP contribution in [0.4, 0.5) is 0 Å². The monoisotopic (exact) mass is 294 g/mol. The van der Waals surface area contributed by atoms with Crippen LogP contribution < -0.4 is 5.32 Å². The number of pyridine rings is 1. The summed E-state index contributed by atoms with van der Waals surface area (Å²) >= 11 is 12.3. The molecule has 0 aliphatic rings. The first-order chi connectivity index (χ1) is 9.11. The van der Waals surface area contributed by atoms with Gasteiger partial charge in [-0.25, -0.2) is 0 Å². The van der Waals surface area contributed by atoms with Crippen molar-refractivity contribution in [2.45, 2.75) is 19.4 Å². The molecule has 0 radical (unpaired) electrons. The number of aromatic nitrogens is 1. The number of nitrogens with zero attached hydrogens (tertiary/aromatic N) is 1. The summed E-state index contributed by atoms with van der Waals surface area (Å²) in [6.45, 7) is 2.06. The first-order valence-corrected chi connectivity index (χ1v) is 6.89. The van der Waals surface area contributed by atoms with Crippen molar-refractivity contribution < 1.29 is 0 Å². The Balaban J connectivity index is 2.29. The molecule has 1 aromatic carbocycles. The van der Waals surface area contributed by atoms with Gasteiger partial charge in [0.05, 0.1) is 0 Å². The molecule has 1 N–H and O–H groups in total. The van der Waals surface area contributed by atoms with Crippen LogP contribution >= 0.6 is 23.2 Å². The maximum Gasteiger partial charge on any atom is 0.0439 e. The van der Waals surface area contributed by atoms with E-state index >= 15 is 0 Å². The summed E-state index contributed by atoms with van der Waals surface area (Å²) < 4.78 is 0. The van der Waals surface area contributed by atoms with Gasteiger partial charge < -0.3 is 5.32 Å². The minimum Gasteiger partial charge on any atom is -0.313 e. The van der Waals surface area contributed by atoms with Gasteiger partial charge in [-0.1, -0.05) is 23.2 Å². The molecule has 100 valence electrons. The Kier molecular flexibility index (Phi) is 4.81. The van der Waals surface area contributed by atoms with Crippen molar-refractivity contribution >= 4 is 23.2 Å². The zero-order chi connectivity index (χ0) is 13.8. The molecule has 2 aromatic rings. The molecule has 1 unspecified atom stereocenters. The van der Waals surface area contributed by atoms with Gasteiger partial charge in [-0.15, -0.1) is 0 Å². The van der Waals surface area contributed by atoms with Crippen molar-refractivity contribution in [2.24, 2.45) is 0 Å². The van der Waals surface area contributed by atoms with Crippen LogP contribution in [-0.2, 0) is 6.42 Å². The Hall–Kier alpha value is -1.09. The standard InChI is InChI=1S/C15H16Cl2N2/c1-10-9-19-6-5-13(10)15(18-2)8-11-7-12(16)3-4-14(11)17/h3-7,9,15,18H,8H2,1-2H3. The third-order valence-electron chi connectivity index (χ3n) is 3.22. The lowest BCUT2D eigenvalue weighted by molar-refractivity contribution is 0.588. The van der Waals surface area contributed by atoms with E-state index in [0.717, 1.165) is 17.0 Å². The Bertz CT molecular complexity index is 570. The number of likely N-dealkylation sites (N-methyl/N-ethyl adjacent to an activating group) is 1. The molecule has 0 aliphatic carbocycles. The Labute approximate surface area is 123 Å². The van der Waals surface area contributed by atoms with E-state index in [1.165, 1.54) is 11.1 Å². The van der Waals surface area contributed by atoms with E-state index in [9.17, 15) is 0 Å². The number of nitrogens with one attached hydrogen (secondary N) is 1. The Morgan fingerprint density at radius 1 is 1.26 bits per heavy atom. The lowest BCUT2D eigenvalue weighted by Crippen LogP contribution is -2.20. The number of halogens is 2. The van der Waals surface area contributed by atoms with Crippen molar-refractivity contribution in [1.29, 1.82) is 0 Å². The average molecular weight is 295 g/mol. The zero-order valence-corrected chi connectivity index (χ0v) is 12.5. The number of hydrogen-bond acceptors (Lipinski definition) is 2. The molecule has 0 fully saturated rings. The molecule has 0 saturated heterocycles. The van der Waals surface area contributed by atoms with Crippen LogP contribution in [0.5, 0.6) is 0 Å². The summed E-state index contributed by atoms with van der Waals surface area (Å²) in [6.07, 6.45) is 4.48. The highest BCUT2D eigenvalue weighted by molar-refractivity contribution is 6.33. The van der Waals surface area contributed by atoms with E-state index in [0.29, 0.717) is 5.02 Å². The maximum atomic E-state index is 6.23. The molecule has 1 aromatic heterocycles. The van der Waals surface area contributed by atoms with Crippen LogP contribution in [0.3, 0.4) is 0 Å². The SMILES string of the molecule is CNC(Cc1cc(Cl)ccc1Cl)c1ccncc1C. The van der Waals surface area contributed by atoms with Gasteiger partial charge in [-0.05, 0) is 61.3 Å². The number of aryl methyl sites for hydroxylation is 1. The smallest absolute Gasteiger partial charge is 0.0439 e. The first-order valence-electron chi connectivity index (χ1n) is 6.13. The predicted molar refractivity (Wildman–Crippen MR) is 80.9 cm³/mol. The molecule has 0 aliphatic heterocycles. The topological polar surface area (TPSA) is 24.9 Å². The summed E-state index contributed by atoms with van der Waals surface area (Å²) in [6, 6.07) is 7.80. The molecule has 1 heterocycles. The Morgan fingerprint density at radius 2 is 2.05 bits per heavy atom. The highest BCUT2D eigenvalue weighted by Crippen LogP contribution is 2.27. The van der Waals surface area contributed by atoms with Crippen molar-refractivity contribution in [3.63, 3.8) is 0 Å². The normalized spacial score (nSPS) is 12.4. The van der Waals surface area contributed by atoms with Crippen LogP contribution in [0.15, 0.2) is 36.7 Å². The summed E-state index contributed by atoms with van der Waals surface area (Å²) in [5.41, 5.74) is 3.44. The Morgan fingerprint density at radius 3 is 2.74 bits per heavy atom. The third-order valence-corrected chi connectivity index (χ3v) is 3.82. The van der Waals surface area contributed by atoms with Crippen molar-refractivity contribution in [3.05, 3.63) is 63.4 Å². The highest BCUT2D eigenvalue weighted by atomic mass is 35.5. The fraction of sp³-hybridized carbons (Fsp3) is 0.267. The second-order valence-electron chi connectivity index (χ2n) is 4.51. The molecule has 0 amide bonds. The van der Waals surface area contributed by atoms with Crippen LogP contribution in [0.1, 0.15) is 22.7 Å². The fourth-order valence-corrected chi connectivity index (χ4v) is 2.55. The lowest BCUT2D eigenvalue weighted by Gasteiger charge is -2.19. The molecular weight excluding hydrogens is 279 g/mol. The van der Waals surface area contributed by atoms with Crippen molar-refractivity contribution in [1.82, 2.24) is 10.3 Å². The first kappa shape index (κ1) is 14.3. The third kappa shape index (κ3) is 3.47. The number of benzene rings is 1. The van der Waals surface area contributed by atoms with Gasteiger partial charge >= 0.3 is 0 Å². The molecule has 1 atom stereocenters. The second-order valence-corrected chi connectivity index (χ2v) is 5.36. The molecule has 2 rings (SSSR count). The molecular formula is C15H16Cl2N2. The number of rotatable bonds is 4. The van der Waals surface area contributed by atoms with Crippen LogP contribution in [0.25, 0.3) is 0 Å². The van der Waals surface area contributed by atoms with Crippen LogP contribution in [0, 0.1) is 6.92 Å². The molecule has 4 heteroatoms. The second kappa shape index (κ2) is 6.38. The van der Waals surface area contributed by atoms with Gasteiger partial charge in [0.2, 0.25) is 0 Å². The minimum atomic E-state index is 0.193. The molecule has 2 nitrogen and oxygen atoms in total. The van der Waals surface area contributed by atoms with E-state index in [1.807, 2.05) is 37.6 Å². The summed E-state index contributed by atoms with van der Waals surface area (Å²) in [4.78, 5) is 4.13. The van der Waals surface area contributed by atoms with Gasteiger partial charge in [0.15, 0.2) is 0 Å². The van der Waals surface area contributed by atoms with Crippen LogP contribution in [0.2, 0.25) is 10.0 Å². The fourth-order valence-electron chi connectivity index (χ4n) is 2.16. The minimum absolute atomic E-state index is 0.193.